The van der Waals surface area contributed by atoms with Crippen LogP contribution in [0.2, 0.25) is 0 Å². The first kappa shape index (κ1) is 21.1. The van der Waals surface area contributed by atoms with Crippen LogP contribution in [0.3, 0.4) is 0 Å². The van der Waals surface area contributed by atoms with Gasteiger partial charge in [-0.15, -0.1) is 0 Å². The summed E-state index contributed by atoms with van der Waals surface area (Å²) in [7, 11) is -2.25. The van der Waals surface area contributed by atoms with E-state index >= 15 is 0 Å². The average molecular weight is 423 g/mol. The molecule has 0 spiro atoms. The van der Waals surface area contributed by atoms with E-state index in [9.17, 15) is 13.2 Å². The predicted octanol–water partition coefficient (Wildman–Crippen LogP) is 4.67. The number of rotatable bonds is 7. The summed E-state index contributed by atoms with van der Waals surface area (Å²) in [5, 5.41) is 3.83. The second-order valence-electron chi connectivity index (χ2n) is 6.59. The largest absolute Gasteiger partial charge is 0.497 e. The van der Waals surface area contributed by atoms with Gasteiger partial charge in [0.1, 0.15) is 5.75 Å². The number of aryl methyl sites for hydroxylation is 1. The van der Waals surface area contributed by atoms with E-state index in [1.165, 1.54) is 6.08 Å². The number of sulfonamides is 1. The number of anilines is 2. The third kappa shape index (κ3) is 5.71. The first-order chi connectivity index (χ1) is 14.4. The lowest BCUT2D eigenvalue weighted by Gasteiger charge is -2.11. The number of carbonyl (C=O) groups is 1. The fourth-order valence-electron chi connectivity index (χ4n) is 2.68. The van der Waals surface area contributed by atoms with Crippen LogP contribution in [0.1, 0.15) is 21.5 Å². The highest BCUT2D eigenvalue weighted by molar-refractivity contribution is 7.95. The lowest BCUT2D eigenvalue weighted by molar-refractivity contribution is 0.102. The highest BCUT2D eigenvalue weighted by Crippen LogP contribution is 2.21. The van der Waals surface area contributed by atoms with E-state index in [4.69, 9.17) is 4.74 Å². The lowest BCUT2D eigenvalue weighted by Crippen LogP contribution is -2.17. The third-order valence-corrected chi connectivity index (χ3v) is 5.29. The molecule has 0 aliphatic heterocycles. The molecule has 0 aliphatic carbocycles. The van der Waals surface area contributed by atoms with Crippen LogP contribution < -0.4 is 14.8 Å². The van der Waals surface area contributed by atoms with Gasteiger partial charge in [-0.1, -0.05) is 42.0 Å². The smallest absolute Gasteiger partial charge is 0.257 e. The molecule has 0 unspecified atom stereocenters. The molecule has 2 N–H and O–H groups in total. The van der Waals surface area contributed by atoms with E-state index in [1.54, 1.807) is 55.6 Å². The molecule has 0 fully saturated rings. The zero-order valence-corrected chi connectivity index (χ0v) is 17.4. The molecule has 0 atom stereocenters. The zero-order valence-electron chi connectivity index (χ0n) is 16.6. The van der Waals surface area contributed by atoms with Crippen LogP contribution in [0.4, 0.5) is 11.4 Å². The maximum atomic E-state index is 12.7. The second-order valence-corrected chi connectivity index (χ2v) is 8.16. The molecule has 0 bridgehead atoms. The average Bonchev–Trinajstić information content (AvgIpc) is 2.74. The predicted molar refractivity (Wildman–Crippen MR) is 120 cm³/mol. The first-order valence-corrected chi connectivity index (χ1v) is 10.7. The van der Waals surface area contributed by atoms with E-state index < -0.39 is 15.9 Å². The minimum absolute atomic E-state index is 0.192. The standard InChI is InChI=1S/C23H22N2O4S/c1-17-7-9-18(10-8-17)15-16-30(27,28)25-22-6-4-3-5-21(22)23(26)24-19-11-13-20(29-2)14-12-19/h3-16,25H,1-2H3,(H,24,26)/b16-15+. The van der Waals surface area contributed by atoms with Crippen molar-refractivity contribution in [3.63, 3.8) is 0 Å². The van der Waals surface area contributed by atoms with E-state index in [1.807, 2.05) is 31.2 Å². The number of carbonyl (C=O) groups excluding carboxylic acids is 1. The van der Waals surface area contributed by atoms with Crippen molar-refractivity contribution in [1.82, 2.24) is 0 Å². The van der Waals surface area contributed by atoms with Crippen LogP contribution in [0, 0.1) is 6.92 Å². The van der Waals surface area contributed by atoms with Gasteiger partial charge in [0, 0.05) is 5.69 Å². The molecule has 0 saturated carbocycles. The lowest BCUT2D eigenvalue weighted by atomic mass is 10.1. The molecule has 1 amide bonds. The van der Waals surface area contributed by atoms with Gasteiger partial charge in [-0.05, 0) is 55.0 Å². The van der Waals surface area contributed by atoms with Crippen molar-refractivity contribution in [2.45, 2.75) is 6.92 Å². The van der Waals surface area contributed by atoms with Gasteiger partial charge in [0.25, 0.3) is 15.9 Å². The molecule has 3 aromatic rings. The fraction of sp³-hybridized carbons (Fsp3) is 0.0870. The molecular formula is C23H22N2O4S. The molecule has 3 aromatic carbocycles. The van der Waals surface area contributed by atoms with Crippen LogP contribution in [0.5, 0.6) is 5.75 Å². The van der Waals surface area contributed by atoms with Gasteiger partial charge >= 0.3 is 0 Å². The van der Waals surface area contributed by atoms with Crippen molar-refractivity contribution in [2.24, 2.45) is 0 Å². The Kier molecular flexibility index (Phi) is 6.54. The summed E-state index contributed by atoms with van der Waals surface area (Å²) in [6, 6.07) is 20.7. The molecular weight excluding hydrogens is 400 g/mol. The molecule has 0 heterocycles. The number of benzene rings is 3. The zero-order chi connectivity index (χ0) is 21.6. The molecule has 6 nitrogen and oxygen atoms in total. The molecule has 7 heteroatoms. The minimum atomic E-state index is -3.81. The van der Waals surface area contributed by atoms with Gasteiger partial charge in [0.05, 0.1) is 23.8 Å². The first-order valence-electron chi connectivity index (χ1n) is 9.18. The molecule has 0 aliphatic rings. The van der Waals surface area contributed by atoms with Gasteiger partial charge in [-0.2, -0.15) is 0 Å². The van der Waals surface area contributed by atoms with E-state index in [-0.39, 0.29) is 11.3 Å². The quantitative estimate of drug-likeness (QED) is 0.580. The summed E-state index contributed by atoms with van der Waals surface area (Å²) in [4.78, 5) is 12.7. The highest BCUT2D eigenvalue weighted by atomic mass is 32.2. The highest BCUT2D eigenvalue weighted by Gasteiger charge is 2.15. The molecule has 0 saturated heterocycles. The van der Waals surface area contributed by atoms with Gasteiger partial charge in [0.15, 0.2) is 0 Å². The van der Waals surface area contributed by atoms with Gasteiger partial charge in [-0.3, -0.25) is 9.52 Å². The number of nitrogens with one attached hydrogen (secondary N) is 2. The Hall–Kier alpha value is -3.58. The number of hydrogen-bond donors (Lipinski definition) is 2. The molecule has 0 radical (unpaired) electrons. The second kappa shape index (κ2) is 9.28. The Balaban J connectivity index is 1.76. The number of ether oxygens (including phenoxy) is 1. The van der Waals surface area contributed by atoms with Crippen LogP contribution in [0.25, 0.3) is 6.08 Å². The Morgan fingerprint density at radius 3 is 2.27 bits per heavy atom. The Morgan fingerprint density at radius 2 is 1.60 bits per heavy atom. The van der Waals surface area contributed by atoms with E-state index in [2.05, 4.69) is 10.0 Å². The number of amides is 1. The Labute approximate surface area is 176 Å². The monoisotopic (exact) mass is 422 g/mol. The SMILES string of the molecule is COc1ccc(NC(=O)c2ccccc2NS(=O)(=O)/C=C/c2ccc(C)cc2)cc1. The maximum Gasteiger partial charge on any atom is 0.257 e. The van der Waals surface area contributed by atoms with Crippen molar-refractivity contribution >= 4 is 33.4 Å². The van der Waals surface area contributed by atoms with Gasteiger partial charge < -0.3 is 10.1 Å². The molecule has 3 rings (SSSR count). The van der Waals surface area contributed by atoms with Crippen LogP contribution in [-0.4, -0.2) is 21.4 Å². The van der Waals surface area contributed by atoms with Crippen LogP contribution in [0.15, 0.2) is 78.2 Å². The minimum Gasteiger partial charge on any atom is -0.497 e. The Morgan fingerprint density at radius 1 is 0.933 bits per heavy atom. The van der Waals surface area contributed by atoms with Crippen molar-refractivity contribution < 1.29 is 17.9 Å². The van der Waals surface area contributed by atoms with Crippen LogP contribution >= 0.6 is 0 Å². The number of para-hydroxylation sites is 1. The van der Waals surface area contributed by atoms with Crippen molar-refractivity contribution in [3.8, 4) is 5.75 Å². The van der Waals surface area contributed by atoms with Crippen molar-refractivity contribution in [1.29, 1.82) is 0 Å². The topological polar surface area (TPSA) is 84.5 Å². The summed E-state index contributed by atoms with van der Waals surface area (Å²) >= 11 is 0. The number of hydrogen-bond acceptors (Lipinski definition) is 4. The maximum absolute atomic E-state index is 12.7. The van der Waals surface area contributed by atoms with Crippen LogP contribution in [-0.2, 0) is 10.0 Å². The fourth-order valence-corrected chi connectivity index (χ4v) is 3.56. The van der Waals surface area contributed by atoms with Gasteiger partial charge in [0.2, 0.25) is 0 Å². The third-order valence-electron chi connectivity index (χ3n) is 4.29. The van der Waals surface area contributed by atoms with Crippen molar-refractivity contribution in [2.75, 3.05) is 17.1 Å². The summed E-state index contributed by atoms with van der Waals surface area (Å²) in [6.07, 6.45) is 1.50. The molecule has 0 aromatic heterocycles. The van der Waals surface area contributed by atoms with E-state index in [0.29, 0.717) is 11.4 Å². The normalized spacial score (nSPS) is 11.3. The molecule has 30 heavy (non-hydrogen) atoms. The van der Waals surface area contributed by atoms with E-state index in [0.717, 1.165) is 16.5 Å². The summed E-state index contributed by atoms with van der Waals surface area (Å²) < 4.78 is 32.6. The summed E-state index contributed by atoms with van der Waals surface area (Å²) in [5.74, 6) is 0.238. The Bertz CT molecular complexity index is 1150. The van der Waals surface area contributed by atoms with Crippen molar-refractivity contribution in [3.05, 3.63) is 94.9 Å². The number of methoxy groups -OCH3 is 1. The summed E-state index contributed by atoms with van der Waals surface area (Å²) in [5.41, 5.74) is 2.82. The van der Waals surface area contributed by atoms with Gasteiger partial charge in [-0.25, -0.2) is 8.42 Å². The molecule has 154 valence electrons. The summed E-state index contributed by atoms with van der Waals surface area (Å²) in [6.45, 7) is 1.96.